The third kappa shape index (κ3) is 6.92. The first-order valence-corrected chi connectivity index (χ1v) is 9.83. The normalized spacial score (nSPS) is 12.2. The van der Waals surface area contributed by atoms with Gasteiger partial charge in [0.05, 0.1) is 24.3 Å². The van der Waals surface area contributed by atoms with Crippen LogP contribution in [0, 0.1) is 17.2 Å². The van der Waals surface area contributed by atoms with E-state index in [0.29, 0.717) is 25.1 Å². The molecule has 8 heteroatoms. The lowest BCUT2D eigenvalue weighted by atomic mass is 10.0. The van der Waals surface area contributed by atoms with Crippen molar-refractivity contribution < 1.29 is 27.4 Å². The summed E-state index contributed by atoms with van der Waals surface area (Å²) in [5, 5.41) is 11.7. The molecule has 1 amide bonds. The van der Waals surface area contributed by atoms with Crippen LogP contribution in [0.1, 0.15) is 37.0 Å². The van der Waals surface area contributed by atoms with Crippen molar-refractivity contribution in [2.24, 2.45) is 5.92 Å². The van der Waals surface area contributed by atoms with Gasteiger partial charge in [-0.3, -0.25) is 4.79 Å². The smallest absolute Gasteiger partial charge is 0.417 e. The number of methoxy groups -OCH3 is 1. The largest absolute Gasteiger partial charge is 0.496 e. The molecule has 0 saturated carbocycles. The number of nitriles is 1. The number of rotatable bonds is 9. The topological polar surface area (TPSA) is 71.3 Å². The average Bonchev–Trinajstić information content (AvgIpc) is 2.72. The minimum Gasteiger partial charge on any atom is -0.496 e. The summed E-state index contributed by atoms with van der Waals surface area (Å²) in [5.74, 6) is 0.257. The van der Waals surface area contributed by atoms with Crippen LogP contribution in [0.25, 0.3) is 0 Å². The molecule has 0 aliphatic heterocycles. The number of halogens is 3. The molecular formula is C23H25F3N2O3. The van der Waals surface area contributed by atoms with E-state index in [9.17, 15) is 18.0 Å². The van der Waals surface area contributed by atoms with Crippen molar-refractivity contribution >= 4 is 5.91 Å². The van der Waals surface area contributed by atoms with Gasteiger partial charge in [-0.05, 0) is 48.6 Å². The van der Waals surface area contributed by atoms with Crippen molar-refractivity contribution in [3.63, 3.8) is 0 Å². The standard InChI is InChI=1S/C23H25F3N2O3/c1-15(2)12-21(22(29)28-11-10-16-6-4-5-7-20(16)30-3)31-18-9-8-17(14-27)19(13-18)23(24,25)26/h4-9,13,15,21H,10-12H2,1-3H3,(H,28,29). The summed E-state index contributed by atoms with van der Waals surface area (Å²) in [6.45, 7) is 4.09. The molecule has 1 atom stereocenters. The molecule has 0 bridgehead atoms. The summed E-state index contributed by atoms with van der Waals surface area (Å²) >= 11 is 0. The van der Waals surface area contributed by atoms with Gasteiger partial charge in [0.2, 0.25) is 0 Å². The highest BCUT2D eigenvalue weighted by Crippen LogP contribution is 2.34. The van der Waals surface area contributed by atoms with Gasteiger partial charge in [-0.1, -0.05) is 32.0 Å². The molecule has 1 N–H and O–H groups in total. The Hall–Kier alpha value is -3.21. The second-order valence-corrected chi connectivity index (χ2v) is 7.41. The number of amides is 1. The predicted molar refractivity (Wildman–Crippen MR) is 110 cm³/mol. The summed E-state index contributed by atoms with van der Waals surface area (Å²) in [5.41, 5.74) is -0.664. The van der Waals surface area contributed by atoms with Crippen LogP contribution in [0.4, 0.5) is 13.2 Å². The van der Waals surface area contributed by atoms with Crippen molar-refractivity contribution in [2.45, 2.75) is 39.0 Å². The Balaban J connectivity index is 2.11. The van der Waals surface area contributed by atoms with Crippen LogP contribution in [0.5, 0.6) is 11.5 Å². The Morgan fingerprint density at radius 1 is 1.19 bits per heavy atom. The molecule has 0 aromatic heterocycles. The first-order valence-electron chi connectivity index (χ1n) is 9.83. The van der Waals surface area contributed by atoms with Crippen molar-refractivity contribution in [3.8, 4) is 17.6 Å². The van der Waals surface area contributed by atoms with Crippen LogP contribution in [-0.2, 0) is 17.4 Å². The minimum absolute atomic E-state index is 0.0745. The summed E-state index contributed by atoms with van der Waals surface area (Å²) in [6, 6.07) is 12.0. The summed E-state index contributed by atoms with van der Waals surface area (Å²) in [4.78, 5) is 12.7. The van der Waals surface area contributed by atoms with Gasteiger partial charge in [-0.15, -0.1) is 0 Å². The molecule has 0 fully saturated rings. The second kappa shape index (κ2) is 10.7. The molecular weight excluding hydrogens is 409 g/mol. The van der Waals surface area contributed by atoms with E-state index in [0.717, 1.165) is 17.7 Å². The molecule has 5 nitrogen and oxygen atoms in total. The van der Waals surface area contributed by atoms with Gasteiger partial charge in [-0.2, -0.15) is 18.4 Å². The fourth-order valence-electron chi connectivity index (χ4n) is 3.07. The van der Waals surface area contributed by atoms with E-state index >= 15 is 0 Å². The molecule has 1 unspecified atom stereocenters. The summed E-state index contributed by atoms with van der Waals surface area (Å²) in [7, 11) is 1.57. The molecule has 166 valence electrons. The lowest BCUT2D eigenvalue weighted by Gasteiger charge is -2.21. The first-order chi connectivity index (χ1) is 14.7. The molecule has 0 radical (unpaired) electrons. The van der Waals surface area contributed by atoms with Crippen molar-refractivity contribution in [1.82, 2.24) is 5.32 Å². The summed E-state index contributed by atoms with van der Waals surface area (Å²) in [6.07, 6.45) is -4.82. The summed E-state index contributed by atoms with van der Waals surface area (Å²) < 4.78 is 50.6. The highest BCUT2D eigenvalue weighted by molar-refractivity contribution is 5.81. The van der Waals surface area contributed by atoms with Crippen LogP contribution >= 0.6 is 0 Å². The Labute approximate surface area is 179 Å². The zero-order valence-corrected chi connectivity index (χ0v) is 17.6. The predicted octanol–water partition coefficient (Wildman–Crippen LogP) is 4.74. The van der Waals surface area contributed by atoms with Crippen molar-refractivity contribution in [1.29, 1.82) is 5.26 Å². The SMILES string of the molecule is COc1ccccc1CCNC(=O)C(CC(C)C)Oc1ccc(C#N)c(C(F)(F)F)c1. The van der Waals surface area contributed by atoms with Gasteiger partial charge in [0.25, 0.3) is 5.91 Å². The third-order valence-electron chi connectivity index (χ3n) is 4.56. The Bertz CT molecular complexity index is 936. The zero-order valence-electron chi connectivity index (χ0n) is 17.6. The van der Waals surface area contributed by atoms with Gasteiger partial charge in [0, 0.05) is 6.54 Å². The molecule has 31 heavy (non-hydrogen) atoms. The number of alkyl halides is 3. The number of carbonyl (C=O) groups excluding carboxylic acids is 1. The highest BCUT2D eigenvalue weighted by atomic mass is 19.4. The molecule has 2 aromatic rings. The van der Waals surface area contributed by atoms with E-state index in [2.05, 4.69) is 5.32 Å². The van der Waals surface area contributed by atoms with Crippen molar-refractivity contribution in [2.75, 3.05) is 13.7 Å². The molecule has 0 heterocycles. The monoisotopic (exact) mass is 434 g/mol. The molecule has 0 aliphatic carbocycles. The Morgan fingerprint density at radius 3 is 2.52 bits per heavy atom. The van der Waals surface area contributed by atoms with Gasteiger partial charge in [-0.25, -0.2) is 0 Å². The quantitative estimate of drug-likeness (QED) is 0.619. The number of hydrogen-bond acceptors (Lipinski definition) is 4. The van der Waals surface area contributed by atoms with E-state index in [1.807, 2.05) is 38.1 Å². The minimum atomic E-state index is -4.70. The van der Waals surface area contributed by atoms with Gasteiger partial charge in [0.15, 0.2) is 6.10 Å². The molecule has 0 saturated heterocycles. The Kier molecular flexibility index (Phi) is 8.31. The van der Waals surface area contributed by atoms with E-state index in [-0.39, 0.29) is 11.7 Å². The average molecular weight is 434 g/mol. The van der Waals surface area contributed by atoms with Gasteiger partial charge in [0.1, 0.15) is 11.5 Å². The maximum atomic E-state index is 13.2. The van der Waals surface area contributed by atoms with Crippen LogP contribution < -0.4 is 14.8 Å². The second-order valence-electron chi connectivity index (χ2n) is 7.41. The van der Waals surface area contributed by atoms with E-state index in [4.69, 9.17) is 14.7 Å². The van der Waals surface area contributed by atoms with Crippen LogP contribution in [0.3, 0.4) is 0 Å². The lowest BCUT2D eigenvalue weighted by Crippen LogP contribution is -2.40. The van der Waals surface area contributed by atoms with E-state index < -0.39 is 29.3 Å². The third-order valence-corrected chi connectivity index (χ3v) is 4.56. The molecule has 2 rings (SSSR count). The maximum absolute atomic E-state index is 13.2. The van der Waals surface area contributed by atoms with Crippen LogP contribution in [0.15, 0.2) is 42.5 Å². The number of benzene rings is 2. The van der Waals surface area contributed by atoms with Crippen molar-refractivity contribution in [3.05, 3.63) is 59.2 Å². The number of ether oxygens (including phenoxy) is 2. The van der Waals surface area contributed by atoms with E-state index in [1.54, 1.807) is 7.11 Å². The van der Waals surface area contributed by atoms with E-state index in [1.165, 1.54) is 12.1 Å². The lowest BCUT2D eigenvalue weighted by molar-refractivity contribution is -0.137. The maximum Gasteiger partial charge on any atom is 0.417 e. The molecule has 0 aliphatic rings. The zero-order chi connectivity index (χ0) is 23.0. The van der Waals surface area contributed by atoms with Crippen LogP contribution in [0.2, 0.25) is 0 Å². The number of nitrogens with one attached hydrogen (secondary N) is 1. The molecule has 2 aromatic carbocycles. The van der Waals surface area contributed by atoms with Gasteiger partial charge < -0.3 is 14.8 Å². The molecule has 0 spiro atoms. The van der Waals surface area contributed by atoms with Gasteiger partial charge >= 0.3 is 6.18 Å². The fraction of sp³-hybridized carbons (Fsp3) is 0.391. The number of carbonyl (C=O) groups is 1. The number of para-hydroxylation sites is 1. The Morgan fingerprint density at radius 2 is 1.90 bits per heavy atom. The highest BCUT2D eigenvalue weighted by Gasteiger charge is 2.34. The van der Waals surface area contributed by atoms with Crippen LogP contribution in [-0.4, -0.2) is 25.7 Å². The first kappa shape index (κ1) is 24.1. The fourth-order valence-corrected chi connectivity index (χ4v) is 3.07. The number of nitrogens with zero attached hydrogens (tertiary/aromatic N) is 1. The number of hydrogen-bond donors (Lipinski definition) is 1.